The van der Waals surface area contributed by atoms with Gasteiger partial charge in [-0.15, -0.1) is 11.3 Å². The van der Waals surface area contributed by atoms with E-state index in [1.54, 1.807) is 13.2 Å². The highest BCUT2D eigenvalue weighted by atomic mass is 32.1. The topological polar surface area (TPSA) is 70.8 Å². The summed E-state index contributed by atoms with van der Waals surface area (Å²) in [4.78, 5) is 12.2. The molecule has 6 heteroatoms. The molecular weight excluding hydrogens is 302 g/mol. The van der Waals surface area contributed by atoms with Crippen molar-refractivity contribution < 1.29 is 19.0 Å². The van der Waals surface area contributed by atoms with Crippen molar-refractivity contribution in [1.29, 1.82) is 0 Å². The number of primary amides is 1. The predicted molar refractivity (Wildman–Crippen MR) is 86.5 cm³/mol. The van der Waals surface area contributed by atoms with Crippen LogP contribution >= 0.6 is 11.3 Å². The Kier molecular flexibility index (Phi) is 6.39. The molecule has 1 aromatic heterocycles. The van der Waals surface area contributed by atoms with Crippen LogP contribution in [-0.2, 0) is 9.47 Å². The zero-order valence-electron chi connectivity index (χ0n) is 12.4. The van der Waals surface area contributed by atoms with Crippen LogP contribution in [0.1, 0.15) is 10.4 Å². The van der Waals surface area contributed by atoms with Crippen LogP contribution in [0.5, 0.6) is 5.75 Å². The summed E-state index contributed by atoms with van der Waals surface area (Å²) < 4.78 is 15.8. The monoisotopic (exact) mass is 321 g/mol. The van der Waals surface area contributed by atoms with E-state index in [4.69, 9.17) is 19.9 Å². The molecule has 0 aliphatic carbocycles. The summed E-state index contributed by atoms with van der Waals surface area (Å²) in [6.07, 6.45) is 0. The van der Waals surface area contributed by atoms with Crippen LogP contribution in [0.3, 0.4) is 0 Å². The Balaban J connectivity index is 1.88. The van der Waals surface area contributed by atoms with E-state index in [2.05, 4.69) is 0 Å². The van der Waals surface area contributed by atoms with E-state index in [0.29, 0.717) is 32.0 Å². The minimum Gasteiger partial charge on any atom is -0.491 e. The Hall–Kier alpha value is -1.89. The molecule has 2 N–H and O–H groups in total. The summed E-state index contributed by atoms with van der Waals surface area (Å²) in [5.74, 6) is 0.348. The van der Waals surface area contributed by atoms with Crippen molar-refractivity contribution in [1.82, 2.24) is 0 Å². The van der Waals surface area contributed by atoms with Crippen LogP contribution in [0.25, 0.3) is 10.4 Å². The molecular formula is C16H19NO4S. The maximum atomic E-state index is 11.4. The first kappa shape index (κ1) is 16.5. The molecule has 118 valence electrons. The number of nitrogens with two attached hydrogens (primary N) is 1. The van der Waals surface area contributed by atoms with Gasteiger partial charge in [0.25, 0.3) is 0 Å². The lowest BCUT2D eigenvalue weighted by atomic mass is 10.1. The molecule has 2 rings (SSSR count). The van der Waals surface area contributed by atoms with Gasteiger partial charge in [0.05, 0.1) is 25.4 Å². The number of benzene rings is 1. The molecule has 1 amide bonds. The van der Waals surface area contributed by atoms with Gasteiger partial charge in [0.1, 0.15) is 12.4 Å². The van der Waals surface area contributed by atoms with Crippen LogP contribution < -0.4 is 10.5 Å². The maximum absolute atomic E-state index is 11.4. The molecule has 0 atom stereocenters. The van der Waals surface area contributed by atoms with E-state index >= 15 is 0 Å². The second kappa shape index (κ2) is 8.53. The molecule has 0 saturated heterocycles. The Morgan fingerprint density at radius 2 is 1.82 bits per heavy atom. The summed E-state index contributed by atoms with van der Waals surface area (Å²) >= 11 is 1.49. The Bertz CT molecular complexity index is 594. The van der Waals surface area contributed by atoms with Crippen LogP contribution in [0.2, 0.25) is 0 Å². The Morgan fingerprint density at radius 1 is 1.09 bits per heavy atom. The summed E-state index contributed by atoms with van der Waals surface area (Å²) in [5.41, 5.74) is 6.86. The smallest absolute Gasteiger partial charge is 0.250 e. The number of carbonyl (C=O) groups excluding carboxylic acids is 1. The average molecular weight is 321 g/mol. The molecule has 0 aliphatic rings. The fourth-order valence-electron chi connectivity index (χ4n) is 1.89. The van der Waals surface area contributed by atoms with Gasteiger partial charge in [0.2, 0.25) is 5.91 Å². The van der Waals surface area contributed by atoms with Crippen molar-refractivity contribution in [2.24, 2.45) is 5.73 Å². The van der Waals surface area contributed by atoms with E-state index in [1.165, 1.54) is 11.3 Å². The Morgan fingerprint density at radius 3 is 2.50 bits per heavy atom. The van der Waals surface area contributed by atoms with E-state index in [0.717, 1.165) is 16.2 Å². The van der Waals surface area contributed by atoms with Gasteiger partial charge >= 0.3 is 0 Å². The molecule has 2 aromatic rings. The molecule has 1 aromatic carbocycles. The van der Waals surface area contributed by atoms with Crippen LogP contribution in [0, 0.1) is 0 Å². The normalized spacial score (nSPS) is 10.6. The zero-order valence-corrected chi connectivity index (χ0v) is 13.2. The summed E-state index contributed by atoms with van der Waals surface area (Å²) in [6, 6.07) is 9.31. The van der Waals surface area contributed by atoms with E-state index in [1.807, 2.05) is 29.6 Å². The molecule has 22 heavy (non-hydrogen) atoms. The van der Waals surface area contributed by atoms with Crippen molar-refractivity contribution in [3.8, 4) is 16.2 Å². The minimum absolute atomic E-state index is 0.412. The van der Waals surface area contributed by atoms with Crippen molar-refractivity contribution >= 4 is 17.2 Å². The molecule has 0 bridgehead atoms. The quantitative estimate of drug-likeness (QED) is 0.721. The number of carbonyl (C=O) groups is 1. The summed E-state index contributed by atoms with van der Waals surface area (Å²) in [5, 5.41) is 1.86. The molecule has 0 spiro atoms. The van der Waals surface area contributed by atoms with Gasteiger partial charge in [0.15, 0.2) is 0 Å². The lowest BCUT2D eigenvalue weighted by Crippen LogP contribution is -2.10. The van der Waals surface area contributed by atoms with Crippen molar-refractivity contribution in [2.45, 2.75) is 0 Å². The van der Waals surface area contributed by atoms with Crippen LogP contribution in [0.15, 0.2) is 35.7 Å². The molecule has 0 aliphatic heterocycles. The lowest BCUT2D eigenvalue weighted by molar-refractivity contribution is 0.0544. The maximum Gasteiger partial charge on any atom is 0.250 e. The second-order valence-corrected chi connectivity index (χ2v) is 5.42. The first-order valence-electron chi connectivity index (χ1n) is 6.89. The van der Waals surface area contributed by atoms with Crippen molar-refractivity contribution in [3.05, 3.63) is 41.3 Å². The van der Waals surface area contributed by atoms with Gasteiger partial charge in [0, 0.05) is 12.0 Å². The van der Waals surface area contributed by atoms with Gasteiger partial charge in [-0.1, -0.05) is 0 Å². The number of hydrogen-bond acceptors (Lipinski definition) is 5. The number of thiophene rings is 1. The number of methoxy groups -OCH3 is 1. The number of hydrogen-bond donors (Lipinski definition) is 1. The molecule has 0 unspecified atom stereocenters. The van der Waals surface area contributed by atoms with Crippen LogP contribution in [-0.4, -0.2) is 39.4 Å². The highest BCUT2D eigenvalue weighted by Crippen LogP contribution is 2.30. The van der Waals surface area contributed by atoms with Crippen molar-refractivity contribution in [2.75, 3.05) is 33.5 Å². The predicted octanol–water partition coefficient (Wildman–Crippen LogP) is 2.56. The van der Waals surface area contributed by atoms with Crippen molar-refractivity contribution in [3.63, 3.8) is 0 Å². The molecule has 1 heterocycles. The fourth-order valence-corrected chi connectivity index (χ4v) is 2.80. The Labute approximate surface area is 133 Å². The third-order valence-electron chi connectivity index (χ3n) is 2.98. The third kappa shape index (κ3) is 4.56. The molecule has 0 saturated carbocycles. The molecule has 5 nitrogen and oxygen atoms in total. The first-order valence-corrected chi connectivity index (χ1v) is 7.77. The average Bonchev–Trinajstić information content (AvgIpc) is 3.01. The second-order valence-electron chi connectivity index (χ2n) is 4.51. The van der Waals surface area contributed by atoms with Gasteiger partial charge < -0.3 is 19.9 Å². The van der Waals surface area contributed by atoms with Gasteiger partial charge in [-0.2, -0.15) is 0 Å². The summed E-state index contributed by atoms with van der Waals surface area (Å²) in [6.45, 7) is 2.14. The standard InChI is InChI=1S/C16H19NO4S/c1-19-7-8-20-9-10-21-13-4-2-12(3-5-13)15-14(16(17)18)6-11-22-15/h2-6,11H,7-10H2,1H3,(H2,17,18). The number of ether oxygens (including phenoxy) is 3. The fraction of sp³-hybridized carbons (Fsp3) is 0.312. The first-order chi connectivity index (χ1) is 10.7. The molecule has 0 fully saturated rings. The molecule has 0 radical (unpaired) electrons. The van der Waals surface area contributed by atoms with Crippen LogP contribution in [0.4, 0.5) is 0 Å². The number of amides is 1. The SMILES string of the molecule is COCCOCCOc1ccc(-c2sccc2C(N)=O)cc1. The third-order valence-corrected chi connectivity index (χ3v) is 3.94. The van der Waals surface area contributed by atoms with E-state index < -0.39 is 5.91 Å². The minimum atomic E-state index is -0.412. The van der Waals surface area contributed by atoms with E-state index in [-0.39, 0.29) is 0 Å². The van der Waals surface area contributed by atoms with Gasteiger partial charge in [-0.3, -0.25) is 4.79 Å². The van der Waals surface area contributed by atoms with Gasteiger partial charge in [-0.05, 0) is 41.3 Å². The number of rotatable bonds is 9. The lowest BCUT2D eigenvalue weighted by Gasteiger charge is -2.08. The largest absolute Gasteiger partial charge is 0.491 e. The van der Waals surface area contributed by atoms with E-state index in [9.17, 15) is 4.79 Å². The highest BCUT2D eigenvalue weighted by Gasteiger charge is 2.11. The van der Waals surface area contributed by atoms with Gasteiger partial charge in [-0.25, -0.2) is 0 Å². The zero-order chi connectivity index (χ0) is 15.8. The highest BCUT2D eigenvalue weighted by molar-refractivity contribution is 7.14. The summed E-state index contributed by atoms with van der Waals surface area (Å²) in [7, 11) is 1.64.